The molecule has 0 unspecified atom stereocenters. The lowest BCUT2D eigenvalue weighted by Gasteiger charge is -2.32. The van der Waals surface area contributed by atoms with Gasteiger partial charge in [-0.2, -0.15) is 0 Å². The SMILES string of the molecule is Cc1cc(-c2cc(C(=O)NC3CCN(C(=O)c4ccco4)CC3)c3c(C)noc3n2)c(C)o1. The van der Waals surface area contributed by atoms with E-state index in [1.807, 2.05) is 19.9 Å². The minimum Gasteiger partial charge on any atom is -0.466 e. The van der Waals surface area contributed by atoms with Gasteiger partial charge in [-0.3, -0.25) is 9.59 Å². The maximum Gasteiger partial charge on any atom is 0.289 e. The molecular weight excluding hydrogens is 424 g/mol. The van der Waals surface area contributed by atoms with Crippen molar-refractivity contribution < 1.29 is 22.9 Å². The number of amides is 2. The molecule has 0 spiro atoms. The van der Waals surface area contributed by atoms with E-state index in [1.54, 1.807) is 30.0 Å². The maximum atomic E-state index is 13.3. The number of pyridine rings is 1. The van der Waals surface area contributed by atoms with Crippen molar-refractivity contribution >= 4 is 22.9 Å². The minimum absolute atomic E-state index is 0.0529. The first-order valence-corrected chi connectivity index (χ1v) is 10.9. The number of hydrogen-bond donors (Lipinski definition) is 1. The standard InChI is InChI=1S/C24H24N4O5/c1-13-11-17(15(3)32-13)19-12-18(21-14(2)27-33-23(21)26-19)22(29)25-16-6-8-28(9-7-16)24(30)20-5-4-10-31-20/h4-5,10-12,16H,6-9H2,1-3H3,(H,25,29). The average molecular weight is 448 g/mol. The second-order valence-corrected chi connectivity index (χ2v) is 8.35. The van der Waals surface area contributed by atoms with Gasteiger partial charge in [0.1, 0.15) is 11.5 Å². The molecule has 0 bridgehead atoms. The van der Waals surface area contributed by atoms with E-state index >= 15 is 0 Å². The smallest absolute Gasteiger partial charge is 0.289 e. The molecule has 2 amide bonds. The number of carbonyl (C=O) groups excluding carboxylic acids is 2. The molecule has 0 saturated carbocycles. The normalized spacial score (nSPS) is 14.7. The molecule has 1 saturated heterocycles. The van der Waals surface area contributed by atoms with Gasteiger partial charge < -0.3 is 23.6 Å². The van der Waals surface area contributed by atoms with Gasteiger partial charge in [-0.1, -0.05) is 5.16 Å². The molecule has 0 aliphatic carbocycles. The Hall–Kier alpha value is -3.88. The number of nitrogens with one attached hydrogen (secondary N) is 1. The van der Waals surface area contributed by atoms with Crippen LogP contribution in [0, 0.1) is 20.8 Å². The fraction of sp³-hybridized carbons (Fsp3) is 0.333. The lowest BCUT2D eigenvalue weighted by molar-refractivity contribution is 0.0667. The second kappa shape index (κ2) is 8.23. The van der Waals surface area contributed by atoms with Crippen molar-refractivity contribution in [2.75, 3.05) is 13.1 Å². The molecule has 0 aromatic carbocycles. The number of aromatic nitrogens is 2. The fourth-order valence-electron chi connectivity index (χ4n) is 4.34. The van der Waals surface area contributed by atoms with Crippen LogP contribution in [0.1, 0.15) is 51.0 Å². The summed E-state index contributed by atoms with van der Waals surface area (Å²) in [7, 11) is 0. The highest BCUT2D eigenvalue weighted by Crippen LogP contribution is 2.30. The number of furan rings is 2. The molecule has 9 nitrogen and oxygen atoms in total. The van der Waals surface area contributed by atoms with Gasteiger partial charge in [-0.05, 0) is 57.9 Å². The zero-order valence-electron chi connectivity index (χ0n) is 18.7. The summed E-state index contributed by atoms with van der Waals surface area (Å²) in [4.78, 5) is 32.1. The summed E-state index contributed by atoms with van der Waals surface area (Å²) < 4.78 is 16.2. The summed E-state index contributed by atoms with van der Waals surface area (Å²) in [6.07, 6.45) is 2.80. The number of hydrogen-bond acceptors (Lipinski definition) is 7. The highest BCUT2D eigenvalue weighted by atomic mass is 16.5. The summed E-state index contributed by atoms with van der Waals surface area (Å²) >= 11 is 0. The molecule has 4 aromatic rings. The average Bonchev–Trinajstić information content (AvgIpc) is 3.54. The Kier molecular flexibility index (Phi) is 5.24. The Labute approximate surface area is 189 Å². The predicted octanol–water partition coefficient (Wildman–Crippen LogP) is 4.04. The molecule has 9 heteroatoms. The van der Waals surface area contributed by atoms with E-state index in [-0.39, 0.29) is 17.9 Å². The van der Waals surface area contributed by atoms with E-state index in [9.17, 15) is 9.59 Å². The highest BCUT2D eigenvalue weighted by Gasteiger charge is 2.27. The van der Waals surface area contributed by atoms with Crippen LogP contribution in [0.25, 0.3) is 22.4 Å². The molecule has 170 valence electrons. The Morgan fingerprint density at radius 3 is 2.61 bits per heavy atom. The molecule has 33 heavy (non-hydrogen) atoms. The lowest BCUT2D eigenvalue weighted by Crippen LogP contribution is -2.46. The summed E-state index contributed by atoms with van der Waals surface area (Å²) in [6.45, 7) is 6.60. The topological polar surface area (TPSA) is 115 Å². The molecule has 0 atom stereocenters. The molecule has 1 aliphatic rings. The van der Waals surface area contributed by atoms with Gasteiger partial charge in [-0.15, -0.1) is 0 Å². The Balaban J connectivity index is 1.36. The molecule has 0 radical (unpaired) electrons. The molecule has 1 aliphatic heterocycles. The Morgan fingerprint density at radius 1 is 1.15 bits per heavy atom. The number of likely N-dealkylation sites (tertiary alicyclic amines) is 1. The van der Waals surface area contributed by atoms with Crippen molar-refractivity contribution in [2.45, 2.75) is 39.7 Å². The molecule has 1 N–H and O–H groups in total. The first-order valence-electron chi connectivity index (χ1n) is 10.9. The third-order valence-electron chi connectivity index (χ3n) is 6.03. The van der Waals surface area contributed by atoms with Crippen molar-refractivity contribution in [2.24, 2.45) is 0 Å². The van der Waals surface area contributed by atoms with E-state index in [4.69, 9.17) is 13.4 Å². The van der Waals surface area contributed by atoms with Crippen molar-refractivity contribution in [1.29, 1.82) is 0 Å². The van der Waals surface area contributed by atoms with E-state index in [2.05, 4.69) is 15.5 Å². The number of nitrogens with zero attached hydrogens (tertiary/aromatic N) is 3. The monoisotopic (exact) mass is 448 g/mol. The van der Waals surface area contributed by atoms with E-state index in [0.717, 1.165) is 17.1 Å². The molecular formula is C24H24N4O5. The highest BCUT2D eigenvalue weighted by molar-refractivity contribution is 6.07. The van der Waals surface area contributed by atoms with Crippen molar-refractivity contribution in [3.05, 3.63) is 59.1 Å². The van der Waals surface area contributed by atoms with Crippen molar-refractivity contribution in [1.82, 2.24) is 20.4 Å². The van der Waals surface area contributed by atoms with Crippen LogP contribution in [0.4, 0.5) is 0 Å². The summed E-state index contributed by atoms with van der Waals surface area (Å²) in [5.74, 6) is 1.47. The fourth-order valence-corrected chi connectivity index (χ4v) is 4.34. The maximum absolute atomic E-state index is 13.3. The molecule has 5 rings (SSSR count). The van der Waals surface area contributed by atoms with Crippen LogP contribution < -0.4 is 5.32 Å². The van der Waals surface area contributed by atoms with Gasteiger partial charge in [0.15, 0.2) is 5.76 Å². The number of carbonyl (C=O) groups is 2. The van der Waals surface area contributed by atoms with Gasteiger partial charge in [0.25, 0.3) is 17.5 Å². The molecule has 5 heterocycles. The first-order chi connectivity index (χ1) is 15.9. The van der Waals surface area contributed by atoms with Crippen molar-refractivity contribution in [3.63, 3.8) is 0 Å². The van der Waals surface area contributed by atoms with Gasteiger partial charge in [-0.25, -0.2) is 4.98 Å². The predicted molar refractivity (Wildman–Crippen MR) is 119 cm³/mol. The zero-order valence-corrected chi connectivity index (χ0v) is 18.7. The van der Waals surface area contributed by atoms with Crippen molar-refractivity contribution in [3.8, 4) is 11.3 Å². The van der Waals surface area contributed by atoms with Crippen LogP contribution >= 0.6 is 0 Å². The number of aryl methyl sites for hydroxylation is 3. The third-order valence-corrected chi connectivity index (χ3v) is 6.03. The van der Waals surface area contributed by atoms with Crippen LogP contribution in [0.3, 0.4) is 0 Å². The largest absolute Gasteiger partial charge is 0.466 e. The van der Waals surface area contributed by atoms with E-state index in [0.29, 0.717) is 59.7 Å². The van der Waals surface area contributed by atoms with Gasteiger partial charge in [0, 0.05) is 24.7 Å². The minimum atomic E-state index is -0.219. The van der Waals surface area contributed by atoms with Crippen LogP contribution in [0.15, 0.2) is 43.9 Å². The molecule has 4 aromatic heterocycles. The van der Waals surface area contributed by atoms with Gasteiger partial charge in [0.2, 0.25) is 0 Å². The van der Waals surface area contributed by atoms with Crippen LogP contribution in [0.2, 0.25) is 0 Å². The lowest BCUT2D eigenvalue weighted by atomic mass is 10.0. The number of fused-ring (bicyclic) bond motifs is 1. The van der Waals surface area contributed by atoms with Crippen LogP contribution in [0.5, 0.6) is 0 Å². The first kappa shape index (κ1) is 21.0. The van der Waals surface area contributed by atoms with E-state index in [1.165, 1.54) is 6.26 Å². The summed E-state index contributed by atoms with van der Waals surface area (Å²) in [5.41, 5.74) is 2.78. The molecule has 1 fully saturated rings. The quantitative estimate of drug-likeness (QED) is 0.501. The van der Waals surface area contributed by atoms with Crippen LogP contribution in [-0.4, -0.2) is 46.0 Å². The zero-order chi connectivity index (χ0) is 23.1. The van der Waals surface area contributed by atoms with Gasteiger partial charge >= 0.3 is 0 Å². The number of rotatable bonds is 4. The van der Waals surface area contributed by atoms with E-state index < -0.39 is 0 Å². The summed E-state index contributed by atoms with van der Waals surface area (Å²) in [6, 6.07) is 6.95. The summed E-state index contributed by atoms with van der Waals surface area (Å²) in [5, 5.41) is 7.72. The van der Waals surface area contributed by atoms with Crippen LogP contribution in [-0.2, 0) is 0 Å². The second-order valence-electron chi connectivity index (χ2n) is 8.35. The number of piperidine rings is 1. The Bertz CT molecular complexity index is 1330. The third kappa shape index (κ3) is 3.90. The van der Waals surface area contributed by atoms with Gasteiger partial charge in [0.05, 0.1) is 28.6 Å². The Morgan fingerprint density at radius 2 is 1.94 bits per heavy atom.